The Balaban J connectivity index is 2.06. The first-order chi connectivity index (χ1) is 8.26. The van der Waals surface area contributed by atoms with Crippen molar-refractivity contribution < 1.29 is 9.53 Å². The number of nitrogens with zero attached hydrogens (tertiary/aromatic N) is 3. The molecule has 0 unspecified atom stereocenters. The van der Waals surface area contributed by atoms with Crippen molar-refractivity contribution in [3.05, 3.63) is 18.5 Å². The third-order valence-electron chi connectivity index (χ3n) is 3.07. The fraction of sp³-hybridized carbons (Fsp3) is 0.636. The highest BCUT2D eigenvalue weighted by atomic mass is 35.5. The number of alkyl halides is 1. The molecule has 1 amide bonds. The molecule has 1 saturated heterocycles. The van der Waals surface area contributed by atoms with Crippen molar-refractivity contribution in [1.29, 1.82) is 0 Å². The highest BCUT2D eigenvalue weighted by molar-refractivity contribution is 6.18. The summed E-state index contributed by atoms with van der Waals surface area (Å²) in [7, 11) is 1.66. The van der Waals surface area contributed by atoms with Crippen molar-refractivity contribution in [2.45, 2.75) is 18.6 Å². The third kappa shape index (κ3) is 2.61. The predicted molar refractivity (Wildman–Crippen MR) is 64.0 cm³/mol. The first-order valence-corrected chi connectivity index (χ1v) is 6.15. The fourth-order valence-corrected chi connectivity index (χ4v) is 2.32. The number of rotatable bonds is 4. The van der Waals surface area contributed by atoms with Gasteiger partial charge in [0.2, 0.25) is 5.91 Å². The van der Waals surface area contributed by atoms with Crippen molar-refractivity contribution in [2.75, 3.05) is 26.1 Å². The number of hydrogen-bond donors (Lipinski definition) is 0. The van der Waals surface area contributed by atoms with Crippen LogP contribution in [0, 0.1) is 0 Å². The molecule has 0 bridgehead atoms. The smallest absolute Gasteiger partial charge is 0.223 e. The lowest BCUT2D eigenvalue weighted by Gasteiger charge is -2.16. The van der Waals surface area contributed by atoms with Gasteiger partial charge < -0.3 is 9.64 Å². The van der Waals surface area contributed by atoms with Crippen LogP contribution < -0.4 is 0 Å². The van der Waals surface area contributed by atoms with E-state index in [0.717, 1.165) is 0 Å². The number of carbonyl (C=O) groups excluding carboxylic acids is 1. The number of carbonyl (C=O) groups is 1. The molecule has 0 aromatic carbocycles. The van der Waals surface area contributed by atoms with Crippen LogP contribution in [0.2, 0.25) is 0 Å². The molecule has 5 nitrogen and oxygen atoms in total. The Morgan fingerprint density at radius 3 is 3.00 bits per heavy atom. The molecule has 17 heavy (non-hydrogen) atoms. The quantitative estimate of drug-likeness (QED) is 0.754. The van der Waals surface area contributed by atoms with Crippen molar-refractivity contribution in [3.63, 3.8) is 0 Å². The fourth-order valence-electron chi connectivity index (χ4n) is 2.16. The first-order valence-electron chi connectivity index (χ1n) is 5.62. The first kappa shape index (κ1) is 12.4. The summed E-state index contributed by atoms with van der Waals surface area (Å²) < 4.78 is 7.27. The monoisotopic (exact) mass is 257 g/mol. The van der Waals surface area contributed by atoms with E-state index in [1.165, 1.54) is 0 Å². The minimum absolute atomic E-state index is 0.00539. The molecule has 2 rings (SSSR count). The van der Waals surface area contributed by atoms with Gasteiger partial charge in [-0.15, -0.1) is 11.6 Å². The number of likely N-dealkylation sites (tertiary alicyclic amines) is 1. The summed E-state index contributed by atoms with van der Waals surface area (Å²) in [6, 6.07) is 1.96. The molecule has 94 valence electrons. The van der Waals surface area contributed by atoms with E-state index in [1.807, 2.05) is 16.9 Å². The molecule has 0 saturated carbocycles. The summed E-state index contributed by atoms with van der Waals surface area (Å²) in [6.07, 6.45) is 4.00. The van der Waals surface area contributed by atoms with Gasteiger partial charge >= 0.3 is 0 Å². The van der Waals surface area contributed by atoms with Crippen LogP contribution in [0.3, 0.4) is 0 Å². The normalized spacial score (nSPS) is 24.2. The molecule has 1 aromatic rings. The van der Waals surface area contributed by atoms with Crippen LogP contribution in [-0.4, -0.2) is 52.8 Å². The Labute approximate surface area is 105 Å². The molecule has 0 aliphatic carbocycles. The molecule has 0 N–H and O–H groups in total. The van der Waals surface area contributed by atoms with Crippen LogP contribution in [-0.2, 0) is 9.53 Å². The SMILES string of the molecule is CO[C@H]1CN(C(=O)CCCl)C[C@@H]1n1cccn1. The van der Waals surface area contributed by atoms with Crippen molar-refractivity contribution in [2.24, 2.45) is 0 Å². The minimum atomic E-state index is -0.00539. The molecular weight excluding hydrogens is 242 g/mol. The molecule has 0 radical (unpaired) electrons. The number of hydrogen-bond acceptors (Lipinski definition) is 3. The zero-order valence-electron chi connectivity index (χ0n) is 9.75. The van der Waals surface area contributed by atoms with Crippen LogP contribution in [0.1, 0.15) is 12.5 Å². The van der Waals surface area contributed by atoms with Gasteiger partial charge in [-0.25, -0.2) is 0 Å². The number of aromatic nitrogens is 2. The molecule has 0 spiro atoms. The molecule has 6 heteroatoms. The van der Waals surface area contributed by atoms with Crippen LogP contribution >= 0.6 is 11.6 Å². The van der Waals surface area contributed by atoms with Gasteiger partial charge in [-0.3, -0.25) is 9.48 Å². The highest BCUT2D eigenvalue weighted by Crippen LogP contribution is 2.24. The lowest BCUT2D eigenvalue weighted by molar-refractivity contribution is -0.130. The van der Waals surface area contributed by atoms with E-state index in [2.05, 4.69) is 5.10 Å². The van der Waals surface area contributed by atoms with Crippen LogP contribution in [0.25, 0.3) is 0 Å². The summed E-state index contributed by atoms with van der Waals surface area (Å²) in [6.45, 7) is 1.24. The zero-order valence-corrected chi connectivity index (χ0v) is 10.5. The second kappa shape index (κ2) is 5.51. The maximum atomic E-state index is 11.8. The Morgan fingerprint density at radius 2 is 2.41 bits per heavy atom. The summed E-state index contributed by atoms with van der Waals surface area (Å²) >= 11 is 5.58. The van der Waals surface area contributed by atoms with Crippen molar-refractivity contribution in [3.8, 4) is 0 Å². The highest BCUT2D eigenvalue weighted by Gasteiger charge is 2.36. The zero-order chi connectivity index (χ0) is 12.3. The second-order valence-corrected chi connectivity index (χ2v) is 4.44. The lowest BCUT2D eigenvalue weighted by atomic mass is 10.2. The molecule has 1 aromatic heterocycles. The summed E-state index contributed by atoms with van der Waals surface area (Å²) in [4.78, 5) is 13.6. The summed E-state index contributed by atoms with van der Waals surface area (Å²) in [5.74, 6) is 0.441. The maximum Gasteiger partial charge on any atom is 0.223 e. The van der Waals surface area contributed by atoms with Gasteiger partial charge in [0.15, 0.2) is 0 Å². The van der Waals surface area contributed by atoms with Gasteiger partial charge in [-0.2, -0.15) is 5.10 Å². The number of halogens is 1. The van der Waals surface area contributed by atoms with Crippen LogP contribution in [0.15, 0.2) is 18.5 Å². The lowest BCUT2D eigenvalue weighted by Crippen LogP contribution is -2.29. The van der Waals surface area contributed by atoms with Crippen molar-refractivity contribution >= 4 is 17.5 Å². The van der Waals surface area contributed by atoms with E-state index in [0.29, 0.717) is 25.4 Å². The average molecular weight is 258 g/mol. The predicted octanol–water partition coefficient (Wildman–Crippen LogP) is 0.910. The Hall–Kier alpha value is -1.07. The van der Waals surface area contributed by atoms with Gasteiger partial charge in [-0.1, -0.05) is 0 Å². The molecule has 2 atom stereocenters. The van der Waals surface area contributed by atoms with Gasteiger partial charge in [-0.05, 0) is 6.07 Å². The Morgan fingerprint density at radius 1 is 1.59 bits per heavy atom. The summed E-state index contributed by atoms with van der Waals surface area (Å²) in [5, 5.41) is 4.21. The van der Waals surface area contributed by atoms with Gasteiger partial charge in [0.1, 0.15) is 0 Å². The van der Waals surface area contributed by atoms with Crippen LogP contribution in [0.5, 0.6) is 0 Å². The summed E-state index contributed by atoms with van der Waals surface area (Å²) in [5.41, 5.74) is 0. The Bertz CT molecular complexity index is 369. The Kier molecular flexibility index (Phi) is 4.02. The number of methoxy groups -OCH3 is 1. The topological polar surface area (TPSA) is 47.4 Å². The number of amides is 1. The molecule has 1 aliphatic rings. The average Bonchev–Trinajstić information content (AvgIpc) is 2.97. The number of ether oxygens (including phenoxy) is 1. The molecule has 2 heterocycles. The largest absolute Gasteiger partial charge is 0.377 e. The molecular formula is C11H16ClN3O2. The van der Waals surface area contributed by atoms with E-state index in [1.54, 1.807) is 18.2 Å². The van der Waals surface area contributed by atoms with Gasteiger partial charge in [0.25, 0.3) is 0 Å². The third-order valence-corrected chi connectivity index (χ3v) is 3.25. The standard InChI is InChI=1S/C11H16ClN3O2/c1-17-10-8-14(11(16)3-4-12)7-9(10)15-6-2-5-13-15/h2,5-6,9-10H,3-4,7-8H2,1H3/t9-,10-/m0/s1. The van der Waals surface area contributed by atoms with Gasteiger partial charge in [0, 0.05) is 44.9 Å². The van der Waals surface area contributed by atoms with E-state index < -0.39 is 0 Å². The minimum Gasteiger partial charge on any atom is -0.377 e. The van der Waals surface area contributed by atoms with Crippen LogP contribution in [0.4, 0.5) is 0 Å². The van der Waals surface area contributed by atoms with E-state index >= 15 is 0 Å². The maximum absolute atomic E-state index is 11.8. The second-order valence-electron chi connectivity index (χ2n) is 4.07. The molecule has 1 aliphatic heterocycles. The van der Waals surface area contributed by atoms with E-state index in [-0.39, 0.29) is 18.1 Å². The van der Waals surface area contributed by atoms with E-state index in [4.69, 9.17) is 16.3 Å². The van der Waals surface area contributed by atoms with E-state index in [9.17, 15) is 4.79 Å². The van der Waals surface area contributed by atoms with Crippen molar-refractivity contribution in [1.82, 2.24) is 14.7 Å². The molecule has 1 fully saturated rings. The van der Waals surface area contributed by atoms with Gasteiger partial charge in [0.05, 0.1) is 12.1 Å².